The second-order valence-electron chi connectivity index (χ2n) is 5.40. The molecule has 1 aliphatic heterocycles. The number of carbonyl (C=O) groups is 1. The van der Waals surface area contributed by atoms with Crippen molar-refractivity contribution in [3.63, 3.8) is 0 Å². The highest BCUT2D eigenvalue weighted by Crippen LogP contribution is 2.22. The summed E-state index contributed by atoms with van der Waals surface area (Å²) in [7, 11) is 0. The normalized spacial score (nSPS) is 15.1. The Bertz CT molecular complexity index is 851. The van der Waals surface area contributed by atoms with Crippen LogP contribution < -0.4 is 0 Å². The molecule has 0 aliphatic carbocycles. The molecule has 7 heteroatoms. The summed E-state index contributed by atoms with van der Waals surface area (Å²) in [5.74, 6) is -0.102. The number of hydrogen-bond acceptors (Lipinski definition) is 5. The van der Waals surface area contributed by atoms with Gasteiger partial charge in [-0.2, -0.15) is 5.10 Å². The molecule has 0 saturated heterocycles. The van der Waals surface area contributed by atoms with Crippen molar-refractivity contribution < 1.29 is 14.3 Å². The van der Waals surface area contributed by atoms with Crippen LogP contribution in [0.3, 0.4) is 0 Å². The smallest absolute Gasteiger partial charge is 0.371 e. The summed E-state index contributed by atoms with van der Waals surface area (Å²) in [4.78, 5) is 17.5. The van der Waals surface area contributed by atoms with Crippen LogP contribution in [0.25, 0.3) is 11.0 Å². The maximum absolute atomic E-state index is 10.9. The van der Waals surface area contributed by atoms with Crippen molar-refractivity contribution in [1.82, 2.24) is 19.7 Å². The molecule has 7 nitrogen and oxygen atoms in total. The van der Waals surface area contributed by atoms with Crippen LogP contribution in [0.4, 0.5) is 0 Å². The van der Waals surface area contributed by atoms with Crippen molar-refractivity contribution in [3.8, 4) is 0 Å². The van der Waals surface area contributed by atoms with Crippen molar-refractivity contribution in [1.29, 1.82) is 0 Å². The topological polar surface area (TPSA) is 84.4 Å². The lowest BCUT2D eigenvalue weighted by molar-refractivity contribution is 0.0665. The molecule has 0 spiro atoms. The van der Waals surface area contributed by atoms with Crippen LogP contribution in [0.15, 0.2) is 35.0 Å². The largest absolute Gasteiger partial charge is 0.475 e. The first kappa shape index (κ1) is 13.0. The van der Waals surface area contributed by atoms with E-state index in [9.17, 15) is 4.79 Å². The van der Waals surface area contributed by atoms with Gasteiger partial charge in [0.2, 0.25) is 5.76 Å². The van der Waals surface area contributed by atoms with E-state index in [1.54, 1.807) is 12.4 Å². The van der Waals surface area contributed by atoms with Crippen molar-refractivity contribution in [2.75, 3.05) is 6.54 Å². The van der Waals surface area contributed by atoms with E-state index in [0.717, 1.165) is 43.0 Å². The highest BCUT2D eigenvalue weighted by Gasteiger charge is 2.18. The lowest BCUT2D eigenvalue weighted by Crippen LogP contribution is -2.33. The van der Waals surface area contributed by atoms with Gasteiger partial charge in [0.1, 0.15) is 17.7 Å². The zero-order chi connectivity index (χ0) is 15.1. The van der Waals surface area contributed by atoms with E-state index < -0.39 is 5.97 Å². The van der Waals surface area contributed by atoms with Crippen LogP contribution in [0, 0.1) is 0 Å². The Hall–Kier alpha value is -2.67. The third-order valence-electron chi connectivity index (χ3n) is 3.89. The maximum atomic E-state index is 10.9. The molecule has 0 bridgehead atoms. The van der Waals surface area contributed by atoms with Gasteiger partial charge >= 0.3 is 5.97 Å². The molecule has 0 fully saturated rings. The standard InChI is InChI=1S/C15H14N4O3/c20-15(21)13-6-11-5-10(1-2-12(11)22-13)7-18-3-4-19-14(8-18)16-9-17-19/h1-2,5-6,9H,3-4,7-8H2,(H,20,21). The highest BCUT2D eigenvalue weighted by atomic mass is 16.4. The molecule has 112 valence electrons. The van der Waals surface area contributed by atoms with Crippen molar-refractivity contribution in [2.45, 2.75) is 19.6 Å². The van der Waals surface area contributed by atoms with Gasteiger partial charge in [0, 0.05) is 18.5 Å². The molecule has 0 radical (unpaired) electrons. The summed E-state index contributed by atoms with van der Waals surface area (Å²) in [6.45, 7) is 3.31. The summed E-state index contributed by atoms with van der Waals surface area (Å²) < 4.78 is 7.20. The van der Waals surface area contributed by atoms with Crippen molar-refractivity contribution >= 4 is 16.9 Å². The highest BCUT2D eigenvalue weighted by molar-refractivity contribution is 5.91. The fourth-order valence-corrected chi connectivity index (χ4v) is 2.80. The van der Waals surface area contributed by atoms with Crippen molar-refractivity contribution in [2.24, 2.45) is 0 Å². The van der Waals surface area contributed by atoms with E-state index in [1.165, 1.54) is 0 Å². The van der Waals surface area contributed by atoms with E-state index in [-0.39, 0.29) is 5.76 Å². The van der Waals surface area contributed by atoms with Crippen LogP contribution >= 0.6 is 0 Å². The van der Waals surface area contributed by atoms with Crippen LogP contribution in [-0.2, 0) is 19.6 Å². The number of aromatic carboxylic acids is 1. The van der Waals surface area contributed by atoms with E-state index in [4.69, 9.17) is 9.52 Å². The zero-order valence-electron chi connectivity index (χ0n) is 11.8. The van der Waals surface area contributed by atoms with Crippen LogP contribution in [-0.4, -0.2) is 37.3 Å². The number of carboxylic acids is 1. The molecule has 4 rings (SSSR count). The predicted octanol–water partition coefficient (Wildman–Crippen LogP) is 1.74. The molecular formula is C15H14N4O3. The molecule has 22 heavy (non-hydrogen) atoms. The first-order valence-corrected chi connectivity index (χ1v) is 7.04. The maximum Gasteiger partial charge on any atom is 0.371 e. The molecular weight excluding hydrogens is 284 g/mol. The molecule has 1 aromatic carbocycles. The summed E-state index contributed by atoms with van der Waals surface area (Å²) in [6, 6.07) is 7.33. The minimum atomic E-state index is -1.05. The number of fused-ring (bicyclic) bond motifs is 2. The molecule has 0 amide bonds. The molecule has 0 saturated carbocycles. The third-order valence-corrected chi connectivity index (χ3v) is 3.89. The van der Waals surface area contributed by atoms with Gasteiger partial charge in [-0.1, -0.05) is 6.07 Å². The van der Waals surface area contributed by atoms with Crippen LogP contribution in [0.5, 0.6) is 0 Å². The summed E-state index contributed by atoms with van der Waals surface area (Å²) in [6.07, 6.45) is 1.59. The van der Waals surface area contributed by atoms with Gasteiger partial charge in [-0.25, -0.2) is 14.5 Å². The molecule has 2 aromatic heterocycles. The van der Waals surface area contributed by atoms with Gasteiger partial charge in [0.25, 0.3) is 0 Å². The number of rotatable bonds is 3. The number of benzene rings is 1. The summed E-state index contributed by atoms with van der Waals surface area (Å²) >= 11 is 0. The Morgan fingerprint density at radius 3 is 3.09 bits per heavy atom. The van der Waals surface area contributed by atoms with Gasteiger partial charge in [-0.3, -0.25) is 4.90 Å². The second-order valence-corrected chi connectivity index (χ2v) is 5.40. The molecule has 1 aliphatic rings. The summed E-state index contributed by atoms with van der Waals surface area (Å²) in [5, 5.41) is 14.0. The van der Waals surface area contributed by atoms with E-state index >= 15 is 0 Å². The van der Waals surface area contributed by atoms with E-state index in [1.807, 2.05) is 22.9 Å². The molecule has 1 N–H and O–H groups in total. The van der Waals surface area contributed by atoms with Gasteiger partial charge < -0.3 is 9.52 Å². The van der Waals surface area contributed by atoms with Crippen molar-refractivity contribution in [3.05, 3.63) is 47.7 Å². The Morgan fingerprint density at radius 1 is 1.32 bits per heavy atom. The Labute approximate surface area is 125 Å². The fourth-order valence-electron chi connectivity index (χ4n) is 2.80. The average molecular weight is 298 g/mol. The van der Waals surface area contributed by atoms with E-state index in [2.05, 4.69) is 15.0 Å². The molecule has 0 unspecified atom stereocenters. The molecule has 3 heterocycles. The second kappa shape index (κ2) is 4.96. The average Bonchev–Trinajstić information content (AvgIpc) is 3.12. The first-order valence-electron chi connectivity index (χ1n) is 7.04. The SMILES string of the molecule is O=C(O)c1cc2cc(CN3CCn4ncnc4C3)ccc2o1. The lowest BCUT2D eigenvalue weighted by Gasteiger charge is -2.26. The number of hydrogen-bond donors (Lipinski definition) is 1. The van der Waals surface area contributed by atoms with Gasteiger partial charge in [-0.05, 0) is 23.8 Å². The van der Waals surface area contributed by atoms with E-state index in [0.29, 0.717) is 5.58 Å². The first-order chi connectivity index (χ1) is 10.7. The van der Waals surface area contributed by atoms with Gasteiger partial charge in [-0.15, -0.1) is 0 Å². The number of nitrogens with zero attached hydrogens (tertiary/aromatic N) is 4. The Kier molecular flexibility index (Phi) is 2.93. The summed E-state index contributed by atoms with van der Waals surface area (Å²) in [5.41, 5.74) is 1.72. The minimum absolute atomic E-state index is 0.0294. The molecule has 0 atom stereocenters. The third kappa shape index (κ3) is 2.25. The quantitative estimate of drug-likeness (QED) is 0.793. The Balaban J connectivity index is 1.56. The molecule has 3 aromatic rings. The monoisotopic (exact) mass is 298 g/mol. The number of furan rings is 1. The van der Waals surface area contributed by atoms with Gasteiger partial charge in [0.15, 0.2) is 0 Å². The predicted molar refractivity (Wildman–Crippen MR) is 77.3 cm³/mol. The number of carboxylic acid groups (broad SMARTS) is 1. The Morgan fingerprint density at radius 2 is 2.23 bits per heavy atom. The number of aromatic nitrogens is 3. The minimum Gasteiger partial charge on any atom is -0.475 e. The lowest BCUT2D eigenvalue weighted by atomic mass is 10.1. The van der Waals surface area contributed by atoms with Crippen LogP contribution in [0.1, 0.15) is 21.9 Å². The zero-order valence-corrected chi connectivity index (χ0v) is 11.8. The van der Waals surface area contributed by atoms with Crippen LogP contribution in [0.2, 0.25) is 0 Å². The van der Waals surface area contributed by atoms with Gasteiger partial charge in [0.05, 0.1) is 13.1 Å². The fraction of sp³-hybridized carbons (Fsp3) is 0.267.